The van der Waals surface area contributed by atoms with E-state index >= 15 is 0 Å². The highest BCUT2D eigenvalue weighted by Crippen LogP contribution is 2.12. The molecule has 6 nitrogen and oxygen atoms in total. The van der Waals surface area contributed by atoms with Gasteiger partial charge in [0.1, 0.15) is 11.8 Å². The van der Waals surface area contributed by atoms with E-state index in [1.807, 2.05) is 12.1 Å². The molecule has 0 aliphatic carbocycles. The largest absolute Gasteiger partial charge is 0.413 e. The van der Waals surface area contributed by atoms with Gasteiger partial charge in [-0.25, -0.2) is 4.79 Å². The summed E-state index contributed by atoms with van der Waals surface area (Å²) in [6.07, 6.45) is -0.812. The first-order chi connectivity index (χ1) is 11.1. The van der Waals surface area contributed by atoms with Crippen molar-refractivity contribution < 1.29 is 19.4 Å². The van der Waals surface area contributed by atoms with Crippen LogP contribution in [0.1, 0.15) is 0 Å². The van der Waals surface area contributed by atoms with Gasteiger partial charge in [0, 0.05) is 9.26 Å². The second kappa shape index (κ2) is 8.49. The lowest BCUT2D eigenvalue weighted by Gasteiger charge is -2.16. The van der Waals surface area contributed by atoms with Gasteiger partial charge in [-0.3, -0.25) is 4.79 Å². The van der Waals surface area contributed by atoms with E-state index in [1.165, 1.54) is 0 Å². The maximum atomic E-state index is 12.1. The molecule has 0 aliphatic heterocycles. The van der Waals surface area contributed by atoms with E-state index in [0.29, 0.717) is 11.4 Å². The summed E-state index contributed by atoms with van der Waals surface area (Å²) in [5, 5.41) is 14.2. The van der Waals surface area contributed by atoms with Gasteiger partial charge in [-0.05, 0) is 59.0 Å². The molecule has 3 N–H and O–H groups in total. The van der Waals surface area contributed by atoms with Crippen LogP contribution in [0, 0.1) is 3.57 Å². The molecule has 2 aromatic carbocycles. The summed E-state index contributed by atoms with van der Waals surface area (Å²) < 4.78 is 6.05. The number of benzene rings is 2. The van der Waals surface area contributed by atoms with Crippen molar-refractivity contribution in [2.24, 2.45) is 0 Å². The molecule has 0 radical (unpaired) electrons. The number of amides is 2. The summed E-state index contributed by atoms with van der Waals surface area (Å²) in [7, 11) is 0. The molecule has 0 aromatic heterocycles. The van der Waals surface area contributed by atoms with Gasteiger partial charge in [0.2, 0.25) is 5.91 Å². The summed E-state index contributed by atoms with van der Waals surface area (Å²) in [5.74, 6) is -0.182. The van der Waals surface area contributed by atoms with Gasteiger partial charge in [-0.1, -0.05) is 18.2 Å². The normalized spacial score (nSPS) is 11.4. The minimum atomic E-state index is -1.11. The zero-order valence-corrected chi connectivity index (χ0v) is 14.2. The van der Waals surface area contributed by atoms with Crippen LogP contribution < -0.4 is 15.4 Å². The zero-order chi connectivity index (χ0) is 16.7. The molecule has 0 saturated heterocycles. The van der Waals surface area contributed by atoms with Gasteiger partial charge in [-0.15, -0.1) is 0 Å². The number of carbonyl (C=O) groups is 2. The SMILES string of the molecule is O=C(NC(CO)C(=O)Nc1ccc(I)cc1)Oc1ccccc1. The molecular formula is C16H15IN2O4. The third-order valence-electron chi connectivity index (χ3n) is 2.86. The Morgan fingerprint density at radius 3 is 2.35 bits per heavy atom. The quantitative estimate of drug-likeness (QED) is 0.641. The highest BCUT2D eigenvalue weighted by Gasteiger charge is 2.21. The summed E-state index contributed by atoms with van der Waals surface area (Å²) in [6.45, 7) is -0.542. The molecule has 120 valence electrons. The maximum Gasteiger partial charge on any atom is 0.413 e. The molecule has 2 amide bonds. The second-order valence-electron chi connectivity index (χ2n) is 4.58. The van der Waals surface area contributed by atoms with Gasteiger partial charge in [0.05, 0.1) is 6.61 Å². The number of ether oxygens (including phenoxy) is 1. The molecule has 0 bridgehead atoms. The van der Waals surface area contributed by atoms with Crippen LogP contribution in [0.25, 0.3) is 0 Å². The first-order valence-corrected chi connectivity index (χ1v) is 7.87. The predicted octanol–water partition coefficient (Wildman–Crippen LogP) is 2.38. The van der Waals surface area contributed by atoms with E-state index in [0.717, 1.165) is 3.57 Å². The number of aliphatic hydroxyl groups excluding tert-OH is 1. The lowest BCUT2D eigenvalue weighted by Crippen LogP contribution is -2.47. The summed E-state index contributed by atoms with van der Waals surface area (Å²) >= 11 is 2.15. The van der Waals surface area contributed by atoms with Crippen LogP contribution >= 0.6 is 22.6 Å². The molecule has 2 aromatic rings. The summed E-state index contributed by atoms with van der Waals surface area (Å²) in [4.78, 5) is 23.8. The molecule has 0 spiro atoms. The summed E-state index contributed by atoms with van der Waals surface area (Å²) in [6, 6.07) is 14.5. The van der Waals surface area contributed by atoms with Crippen LogP contribution in [0.5, 0.6) is 5.75 Å². The smallest absolute Gasteiger partial charge is 0.410 e. The van der Waals surface area contributed by atoms with Crippen LogP contribution in [0.3, 0.4) is 0 Å². The first-order valence-electron chi connectivity index (χ1n) is 6.79. The number of hydrogen-bond donors (Lipinski definition) is 3. The number of nitrogens with one attached hydrogen (secondary N) is 2. The van der Waals surface area contributed by atoms with Gasteiger partial charge in [-0.2, -0.15) is 0 Å². The zero-order valence-electron chi connectivity index (χ0n) is 12.0. The Morgan fingerprint density at radius 2 is 1.74 bits per heavy atom. The number of halogens is 1. The number of carbonyl (C=O) groups excluding carboxylic acids is 2. The third kappa shape index (κ3) is 5.53. The van der Waals surface area contributed by atoms with E-state index in [9.17, 15) is 14.7 Å². The molecule has 0 aliphatic rings. The lowest BCUT2D eigenvalue weighted by atomic mass is 10.2. The van der Waals surface area contributed by atoms with Crippen LogP contribution in [-0.4, -0.2) is 29.8 Å². The molecule has 23 heavy (non-hydrogen) atoms. The molecule has 0 heterocycles. The number of anilines is 1. The molecule has 2 rings (SSSR count). The number of hydrogen-bond acceptors (Lipinski definition) is 4. The van der Waals surface area contributed by atoms with Crippen LogP contribution in [0.15, 0.2) is 54.6 Å². The average molecular weight is 426 g/mol. The van der Waals surface area contributed by atoms with Crippen molar-refractivity contribution in [1.82, 2.24) is 5.32 Å². The van der Waals surface area contributed by atoms with E-state index in [4.69, 9.17) is 4.74 Å². The molecule has 0 fully saturated rings. The van der Waals surface area contributed by atoms with Crippen LogP contribution in [-0.2, 0) is 4.79 Å². The highest BCUT2D eigenvalue weighted by atomic mass is 127. The van der Waals surface area contributed by atoms with Crippen LogP contribution in [0.4, 0.5) is 10.5 Å². The number of aliphatic hydroxyl groups is 1. The Morgan fingerprint density at radius 1 is 1.09 bits per heavy atom. The van der Waals surface area contributed by atoms with Gasteiger partial charge in [0.15, 0.2) is 0 Å². The van der Waals surface area contributed by atoms with Gasteiger partial charge >= 0.3 is 6.09 Å². The maximum absolute atomic E-state index is 12.1. The Balaban J connectivity index is 1.92. The predicted molar refractivity (Wildman–Crippen MR) is 94.3 cm³/mol. The van der Waals surface area contributed by atoms with Crippen molar-refractivity contribution in [3.63, 3.8) is 0 Å². The number of rotatable bonds is 5. The van der Waals surface area contributed by atoms with Crippen molar-refractivity contribution in [3.05, 3.63) is 58.2 Å². The fourth-order valence-electron chi connectivity index (χ4n) is 1.72. The van der Waals surface area contributed by atoms with Crippen LogP contribution in [0.2, 0.25) is 0 Å². The fourth-order valence-corrected chi connectivity index (χ4v) is 2.08. The first kappa shape index (κ1) is 17.2. The average Bonchev–Trinajstić information content (AvgIpc) is 2.55. The van der Waals surface area contributed by atoms with E-state index in [2.05, 4.69) is 33.2 Å². The Hall–Kier alpha value is -2.13. The minimum absolute atomic E-state index is 0.347. The topological polar surface area (TPSA) is 87.7 Å². The minimum Gasteiger partial charge on any atom is -0.410 e. The van der Waals surface area contributed by atoms with Gasteiger partial charge in [0.25, 0.3) is 0 Å². The van der Waals surface area contributed by atoms with Crippen molar-refractivity contribution in [1.29, 1.82) is 0 Å². The second-order valence-corrected chi connectivity index (χ2v) is 5.82. The highest BCUT2D eigenvalue weighted by molar-refractivity contribution is 14.1. The molecule has 1 unspecified atom stereocenters. The standard InChI is InChI=1S/C16H15IN2O4/c17-11-6-8-12(9-7-11)18-15(21)14(10-20)19-16(22)23-13-4-2-1-3-5-13/h1-9,14,20H,10H2,(H,18,21)(H,19,22). The Bertz CT molecular complexity index is 662. The van der Waals surface area contributed by atoms with E-state index < -0.39 is 24.6 Å². The van der Waals surface area contributed by atoms with Crippen molar-refractivity contribution in [3.8, 4) is 5.75 Å². The third-order valence-corrected chi connectivity index (χ3v) is 3.58. The Kier molecular flexibility index (Phi) is 6.36. The van der Waals surface area contributed by atoms with Gasteiger partial charge < -0.3 is 20.5 Å². The number of para-hydroxylation sites is 1. The lowest BCUT2D eigenvalue weighted by molar-refractivity contribution is -0.118. The molecule has 7 heteroatoms. The molecule has 0 saturated carbocycles. The molecular weight excluding hydrogens is 411 g/mol. The van der Waals surface area contributed by atoms with Crippen molar-refractivity contribution in [2.45, 2.75) is 6.04 Å². The van der Waals surface area contributed by atoms with Crippen molar-refractivity contribution >= 4 is 40.3 Å². The fraction of sp³-hybridized carbons (Fsp3) is 0.125. The Labute approximate surface area is 147 Å². The monoisotopic (exact) mass is 426 g/mol. The summed E-state index contributed by atoms with van der Waals surface area (Å²) in [5.41, 5.74) is 0.576. The van der Waals surface area contributed by atoms with Crippen molar-refractivity contribution in [2.75, 3.05) is 11.9 Å². The van der Waals surface area contributed by atoms with E-state index in [-0.39, 0.29) is 0 Å². The van der Waals surface area contributed by atoms with E-state index in [1.54, 1.807) is 42.5 Å². The molecule has 1 atom stereocenters.